The quantitative estimate of drug-likeness (QED) is 0.416. The zero-order valence-electron chi connectivity index (χ0n) is 24.4. The molecule has 3 aromatic rings. The second kappa shape index (κ2) is 11.0. The number of phenolic OH excluding ortho intramolecular Hbond substituents is 1. The fourth-order valence-electron chi connectivity index (χ4n) is 6.01. The minimum absolute atomic E-state index is 0.0104. The number of anilines is 3. The third-order valence-electron chi connectivity index (χ3n) is 7.74. The summed E-state index contributed by atoms with van der Waals surface area (Å²) >= 11 is 0. The molecule has 1 fully saturated rings. The Kier molecular flexibility index (Phi) is 7.61. The smallest absolute Gasteiger partial charge is 0.246 e. The second-order valence-corrected chi connectivity index (χ2v) is 11.2. The summed E-state index contributed by atoms with van der Waals surface area (Å²) in [6.45, 7) is 14.5. The summed E-state index contributed by atoms with van der Waals surface area (Å²) in [5.41, 5.74) is 8.15. The molecule has 0 aliphatic carbocycles. The first-order valence-electron chi connectivity index (χ1n) is 13.9. The first kappa shape index (κ1) is 29.0. The lowest BCUT2D eigenvalue weighted by atomic mass is 10.0. The third-order valence-corrected chi connectivity index (χ3v) is 7.74. The van der Waals surface area contributed by atoms with Crippen LogP contribution in [0.15, 0.2) is 48.0 Å². The van der Waals surface area contributed by atoms with E-state index in [2.05, 4.69) is 16.5 Å². The van der Waals surface area contributed by atoms with Gasteiger partial charge in [-0.1, -0.05) is 26.5 Å². The summed E-state index contributed by atoms with van der Waals surface area (Å²) in [6.07, 6.45) is 1.31. The number of aryl methyl sites for hydroxylation is 1. The van der Waals surface area contributed by atoms with Gasteiger partial charge in [0.05, 0.1) is 22.5 Å². The molecule has 5 rings (SSSR count). The Morgan fingerprint density at radius 1 is 1.14 bits per heavy atom. The number of nitrogens with zero attached hydrogens (tertiary/aromatic N) is 6. The minimum atomic E-state index is -0.804. The number of hydrogen-bond acceptors (Lipinski definition) is 8. The van der Waals surface area contributed by atoms with Crippen LogP contribution in [0.1, 0.15) is 50.4 Å². The highest BCUT2D eigenvalue weighted by atomic mass is 19.1. The lowest BCUT2D eigenvalue weighted by Crippen LogP contribution is -2.60. The molecule has 4 heterocycles. The monoisotopic (exact) mass is 575 g/mol. The number of fused-ring (bicyclic) bond motifs is 1. The number of carbonyl (C=O) groups is 1. The summed E-state index contributed by atoms with van der Waals surface area (Å²) in [6, 6.07) is 6.52. The van der Waals surface area contributed by atoms with Crippen molar-refractivity contribution in [1.82, 2.24) is 19.8 Å². The molecule has 9 nitrogen and oxygen atoms in total. The van der Waals surface area contributed by atoms with Crippen LogP contribution in [-0.2, 0) is 4.79 Å². The van der Waals surface area contributed by atoms with E-state index in [-0.39, 0.29) is 41.8 Å². The van der Waals surface area contributed by atoms with Crippen LogP contribution in [0.4, 0.5) is 26.1 Å². The van der Waals surface area contributed by atoms with Crippen molar-refractivity contribution in [2.45, 2.75) is 52.6 Å². The zero-order chi connectivity index (χ0) is 30.5. The van der Waals surface area contributed by atoms with Gasteiger partial charge in [-0.05, 0) is 62.6 Å². The number of rotatable bonds is 4. The first-order valence-corrected chi connectivity index (χ1v) is 13.9. The summed E-state index contributed by atoms with van der Waals surface area (Å²) in [7, 11) is 0. The van der Waals surface area contributed by atoms with Crippen LogP contribution in [0, 0.1) is 18.6 Å². The van der Waals surface area contributed by atoms with E-state index in [0.29, 0.717) is 36.1 Å². The number of aliphatic imine (C=N–C) groups is 1. The summed E-state index contributed by atoms with van der Waals surface area (Å²) in [5, 5.41) is 10.5. The van der Waals surface area contributed by atoms with Crippen molar-refractivity contribution in [3.05, 3.63) is 71.4 Å². The number of benzene rings is 1. The van der Waals surface area contributed by atoms with Gasteiger partial charge in [0, 0.05) is 25.2 Å². The number of piperazine rings is 1. The van der Waals surface area contributed by atoms with Crippen LogP contribution in [0.3, 0.4) is 0 Å². The Labute approximate surface area is 244 Å². The van der Waals surface area contributed by atoms with Gasteiger partial charge < -0.3 is 25.5 Å². The van der Waals surface area contributed by atoms with Crippen molar-refractivity contribution < 1.29 is 18.7 Å². The molecule has 2 aliphatic heterocycles. The van der Waals surface area contributed by atoms with E-state index in [1.165, 1.54) is 24.3 Å². The maximum atomic E-state index is 15.9. The van der Waals surface area contributed by atoms with E-state index >= 15 is 4.39 Å². The molecule has 0 unspecified atom stereocenters. The van der Waals surface area contributed by atoms with E-state index in [1.807, 2.05) is 44.4 Å². The van der Waals surface area contributed by atoms with Gasteiger partial charge in [-0.15, -0.1) is 0 Å². The highest BCUT2D eigenvalue weighted by molar-refractivity contribution is 6.06. The maximum Gasteiger partial charge on any atom is 0.246 e. The molecule has 0 radical (unpaired) electrons. The largest absolute Gasteiger partial charge is 0.507 e. The Balaban J connectivity index is 1.70. The van der Waals surface area contributed by atoms with E-state index in [9.17, 15) is 14.3 Å². The highest BCUT2D eigenvalue weighted by Gasteiger charge is 2.37. The Hall–Kier alpha value is -4.54. The molecular formula is C31H35F2N7O2. The fourth-order valence-corrected chi connectivity index (χ4v) is 6.01. The number of aromatic nitrogens is 2. The molecule has 1 saturated heterocycles. The van der Waals surface area contributed by atoms with Gasteiger partial charge in [0.1, 0.15) is 41.4 Å². The number of phenols is 1. The van der Waals surface area contributed by atoms with Gasteiger partial charge in [-0.3, -0.25) is 4.79 Å². The number of pyridine rings is 2. The number of halogens is 2. The molecule has 3 N–H and O–H groups in total. The predicted octanol–water partition coefficient (Wildman–Crippen LogP) is 5.10. The molecule has 1 aromatic carbocycles. The number of hydrogen-bond donors (Lipinski definition) is 2. The fraction of sp³-hybridized carbons (Fsp3) is 0.355. The van der Waals surface area contributed by atoms with Crippen molar-refractivity contribution in [1.29, 1.82) is 0 Å². The topological polar surface area (TPSA) is 111 Å². The van der Waals surface area contributed by atoms with Crippen molar-refractivity contribution in [3.63, 3.8) is 0 Å². The lowest BCUT2D eigenvalue weighted by molar-refractivity contribution is -0.132. The molecule has 1 amide bonds. The molecule has 42 heavy (non-hydrogen) atoms. The average molecular weight is 576 g/mol. The van der Waals surface area contributed by atoms with E-state index in [0.717, 1.165) is 23.0 Å². The van der Waals surface area contributed by atoms with E-state index in [4.69, 9.17) is 10.7 Å². The number of nitrogens with two attached hydrogens (primary N) is 1. The van der Waals surface area contributed by atoms with Crippen molar-refractivity contribution in [3.8, 4) is 17.0 Å². The van der Waals surface area contributed by atoms with Crippen LogP contribution in [0.2, 0.25) is 0 Å². The highest BCUT2D eigenvalue weighted by Crippen LogP contribution is 2.41. The zero-order valence-corrected chi connectivity index (χ0v) is 24.4. The molecule has 2 aliphatic rings. The molecule has 0 spiro atoms. The molecule has 2 atom stereocenters. The summed E-state index contributed by atoms with van der Waals surface area (Å²) < 4.78 is 30.8. The third kappa shape index (κ3) is 4.93. The van der Waals surface area contributed by atoms with Gasteiger partial charge in [-0.2, -0.15) is 0 Å². The van der Waals surface area contributed by atoms with Gasteiger partial charge in [0.15, 0.2) is 5.82 Å². The van der Waals surface area contributed by atoms with Gasteiger partial charge in [0.2, 0.25) is 5.91 Å². The molecule has 11 heteroatoms. The lowest BCUT2D eigenvalue weighted by Gasteiger charge is -2.46. The Bertz CT molecular complexity index is 1570. The molecule has 0 bridgehead atoms. The predicted molar refractivity (Wildman–Crippen MR) is 160 cm³/mol. The summed E-state index contributed by atoms with van der Waals surface area (Å²) in [4.78, 5) is 32.3. The maximum absolute atomic E-state index is 15.9. The molecule has 2 aromatic heterocycles. The molecule has 220 valence electrons. The average Bonchev–Trinajstić information content (AvgIpc) is 2.92. The van der Waals surface area contributed by atoms with Crippen molar-refractivity contribution in [2.75, 3.05) is 30.4 Å². The van der Waals surface area contributed by atoms with E-state index in [1.54, 1.807) is 11.0 Å². The number of nitrogen functional groups attached to an aromatic ring is 1. The number of carbonyl (C=O) groups excluding carboxylic acids is 1. The van der Waals surface area contributed by atoms with Crippen molar-refractivity contribution in [2.24, 2.45) is 4.99 Å². The van der Waals surface area contributed by atoms with Crippen LogP contribution >= 0.6 is 0 Å². The van der Waals surface area contributed by atoms with Gasteiger partial charge in [-0.25, -0.2) is 23.7 Å². The van der Waals surface area contributed by atoms with Crippen LogP contribution in [0.5, 0.6) is 5.75 Å². The van der Waals surface area contributed by atoms with Crippen LogP contribution in [-0.4, -0.2) is 68.5 Å². The van der Waals surface area contributed by atoms with Crippen LogP contribution < -0.4 is 10.6 Å². The Morgan fingerprint density at radius 2 is 1.83 bits per heavy atom. The number of amidine groups is 1. The number of amides is 1. The summed E-state index contributed by atoms with van der Waals surface area (Å²) in [5.74, 6) is -0.936. The standard InChI is InChI=1S/C31H35F2N7O2/c1-7-25(42)40-18(5)13-38(14-19(40)6)30-20-12-22(33)28(26-21(32)9-8-10-23(26)41)37-31(20)39(15-35-30)29-17(4)11-24(34)36-27(29)16(2)3/h7-12,16,18-19,41H,1,13-15H2,2-6H3,(H2,34,36)/t18-,19+. The molecular weight excluding hydrogens is 540 g/mol. The van der Waals surface area contributed by atoms with Gasteiger partial charge >= 0.3 is 0 Å². The molecule has 0 saturated carbocycles. The Morgan fingerprint density at radius 3 is 2.45 bits per heavy atom. The first-order chi connectivity index (χ1) is 19.9. The van der Waals surface area contributed by atoms with Gasteiger partial charge in [0.25, 0.3) is 0 Å². The van der Waals surface area contributed by atoms with Crippen molar-refractivity contribution >= 4 is 29.1 Å². The second-order valence-electron chi connectivity index (χ2n) is 11.2. The normalized spacial score (nSPS) is 18.7. The number of aromatic hydroxyl groups is 1. The minimum Gasteiger partial charge on any atom is -0.507 e. The van der Waals surface area contributed by atoms with Crippen LogP contribution in [0.25, 0.3) is 11.3 Å². The van der Waals surface area contributed by atoms with E-state index < -0.39 is 17.4 Å². The SMILES string of the molecule is C=CC(=O)N1[C@H](C)CN(C2=NCN(c3c(C)cc(N)nc3C(C)C)c3nc(-c4c(O)cccc4F)c(F)cc32)C[C@@H]1C.